The molecule has 2 saturated heterocycles. The molecule has 1 saturated carbocycles. The van der Waals surface area contributed by atoms with Crippen molar-refractivity contribution in [3.05, 3.63) is 124 Å². The van der Waals surface area contributed by atoms with Gasteiger partial charge in [0.25, 0.3) is 21.6 Å². The Hall–Kier alpha value is -5.71. The van der Waals surface area contributed by atoms with Crippen LogP contribution in [-0.2, 0) is 10.0 Å². The molecule has 0 bridgehead atoms. The molecule has 4 heterocycles. The lowest BCUT2D eigenvalue weighted by Gasteiger charge is -2.36. The second-order valence-electron chi connectivity index (χ2n) is 16.8. The van der Waals surface area contributed by atoms with Crippen molar-refractivity contribution in [2.24, 2.45) is 0 Å². The average Bonchev–Trinajstić information content (AvgIpc) is 3.58. The van der Waals surface area contributed by atoms with Crippen LogP contribution in [-0.4, -0.2) is 90.1 Å². The van der Waals surface area contributed by atoms with Crippen LogP contribution in [0.1, 0.15) is 90.4 Å². The van der Waals surface area contributed by atoms with Gasteiger partial charge in [0.2, 0.25) is 0 Å². The highest BCUT2D eigenvalue weighted by Gasteiger charge is 2.37. The van der Waals surface area contributed by atoms with Crippen LogP contribution in [0.3, 0.4) is 0 Å². The zero-order valence-corrected chi connectivity index (χ0v) is 35.0. The number of likely N-dealkylation sites (tertiary alicyclic amines) is 2. The van der Waals surface area contributed by atoms with Crippen molar-refractivity contribution in [3.63, 3.8) is 0 Å². The Labute approximate surface area is 358 Å². The highest BCUT2D eigenvalue weighted by atomic mass is 32.2. The number of anilines is 1. The number of benzene rings is 3. The third kappa shape index (κ3) is 8.68. The van der Waals surface area contributed by atoms with Gasteiger partial charge in [-0.3, -0.25) is 24.7 Å². The number of H-pyrrole nitrogens is 1. The number of fused-ring (bicyclic) bond motifs is 1. The van der Waals surface area contributed by atoms with Crippen LogP contribution in [0.25, 0.3) is 16.6 Å². The number of carbonyl (C=O) groups is 1. The van der Waals surface area contributed by atoms with E-state index in [2.05, 4.69) is 55.2 Å². The Morgan fingerprint density at radius 3 is 2.56 bits per heavy atom. The number of halogens is 2. The summed E-state index contributed by atoms with van der Waals surface area (Å²) < 4.78 is 62.4. The quantitative estimate of drug-likeness (QED) is 0.0685. The third-order valence-corrected chi connectivity index (χ3v) is 14.2. The number of carbonyl (C=O) groups excluding carboxylic acids is 1. The monoisotopic (exact) mass is 865 g/mol. The molecule has 2 aliphatic carbocycles. The van der Waals surface area contributed by atoms with Gasteiger partial charge in [-0.2, -0.15) is 0 Å². The van der Waals surface area contributed by atoms with E-state index in [1.807, 2.05) is 6.07 Å². The van der Waals surface area contributed by atoms with Gasteiger partial charge in [0, 0.05) is 48.9 Å². The number of ether oxygens (including phenoxy) is 1. The number of pyridine rings is 1. The number of alkyl halides is 2. The standard InChI is InChI=1S/C46H49F2N7O6S/c47-25-35(26-48)53-21-18-33(28-53)51-41-16-14-37(24-43(41)55(57)58)62(59,60)52-46(56)40-15-11-31(23-44(40)61-36-22-32-17-19-49-45(32)50-27-36)29-9-12-34(13-10-29)54-20-3-6-42(54)39-5-2-1-4-38(39)30-7-8-30/h1-2,4-5,9,11,14-17,19,22-24,27,30,33-35,42,51H,3,6-8,10,12-13,18,20-21,25-26,28H2,(H,49,50)(H,52,56). The first-order valence-corrected chi connectivity index (χ1v) is 22.8. The second kappa shape index (κ2) is 17.6. The van der Waals surface area contributed by atoms with Gasteiger partial charge in [-0.05, 0) is 122 Å². The molecule has 0 spiro atoms. The predicted octanol–water partition coefficient (Wildman–Crippen LogP) is 8.83. The van der Waals surface area contributed by atoms with Crippen molar-refractivity contribution in [3.8, 4) is 11.5 Å². The summed E-state index contributed by atoms with van der Waals surface area (Å²) in [6.45, 7) is 0.0280. The van der Waals surface area contributed by atoms with Gasteiger partial charge in [-0.1, -0.05) is 36.4 Å². The van der Waals surface area contributed by atoms with Gasteiger partial charge in [0.15, 0.2) is 0 Å². The molecule has 3 unspecified atom stereocenters. The molecule has 2 aliphatic heterocycles. The molecule has 5 aromatic rings. The van der Waals surface area contributed by atoms with E-state index in [0.29, 0.717) is 42.4 Å². The van der Waals surface area contributed by atoms with E-state index in [4.69, 9.17) is 4.74 Å². The molecule has 16 heteroatoms. The molecular formula is C46H49F2N7O6S. The molecule has 3 atom stereocenters. The zero-order chi connectivity index (χ0) is 43.0. The van der Waals surface area contributed by atoms with Gasteiger partial charge in [0.1, 0.15) is 36.2 Å². The summed E-state index contributed by atoms with van der Waals surface area (Å²) in [4.78, 5) is 36.7. The number of aromatic nitrogens is 2. The highest BCUT2D eigenvalue weighted by Crippen LogP contribution is 2.47. The molecule has 3 N–H and O–H groups in total. The van der Waals surface area contributed by atoms with Gasteiger partial charge < -0.3 is 15.0 Å². The van der Waals surface area contributed by atoms with Crippen molar-refractivity contribution in [2.45, 2.75) is 86.3 Å². The minimum Gasteiger partial charge on any atom is -0.455 e. The molecule has 324 valence electrons. The van der Waals surface area contributed by atoms with Gasteiger partial charge in [-0.25, -0.2) is 26.9 Å². The predicted molar refractivity (Wildman–Crippen MR) is 232 cm³/mol. The Morgan fingerprint density at radius 2 is 1.81 bits per heavy atom. The number of hydrogen-bond acceptors (Lipinski definition) is 10. The topological polar surface area (TPSA) is 163 Å². The summed E-state index contributed by atoms with van der Waals surface area (Å²) in [5, 5.41) is 16.0. The number of allylic oxidation sites excluding steroid dienone is 1. The molecule has 9 rings (SSSR count). The fraction of sp³-hybridized carbons (Fsp3) is 0.391. The van der Waals surface area contributed by atoms with E-state index >= 15 is 0 Å². The Morgan fingerprint density at radius 1 is 0.984 bits per heavy atom. The number of nitro benzene ring substituents is 1. The zero-order valence-electron chi connectivity index (χ0n) is 34.1. The maximum atomic E-state index is 13.9. The summed E-state index contributed by atoms with van der Waals surface area (Å²) in [5.41, 5.74) is 5.05. The normalized spacial score (nSPS) is 21.0. The minimum atomic E-state index is -4.63. The van der Waals surface area contributed by atoms with Gasteiger partial charge in [0.05, 0.1) is 27.6 Å². The summed E-state index contributed by atoms with van der Waals surface area (Å²) in [5.74, 6) is 0.154. The molecule has 0 radical (unpaired) electrons. The van der Waals surface area contributed by atoms with E-state index in [1.165, 1.54) is 54.8 Å². The van der Waals surface area contributed by atoms with E-state index in [1.54, 1.807) is 29.3 Å². The Kier molecular flexibility index (Phi) is 11.8. The number of nitro groups is 1. The van der Waals surface area contributed by atoms with E-state index in [-0.39, 0.29) is 29.6 Å². The van der Waals surface area contributed by atoms with Crippen LogP contribution in [0.15, 0.2) is 96.2 Å². The van der Waals surface area contributed by atoms with Gasteiger partial charge >= 0.3 is 0 Å². The maximum absolute atomic E-state index is 13.9. The summed E-state index contributed by atoms with van der Waals surface area (Å²) in [6.07, 6.45) is 13.5. The first-order chi connectivity index (χ1) is 30.1. The number of aromatic amines is 1. The molecule has 62 heavy (non-hydrogen) atoms. The van der Waals surface area contributed by atoms with Crippen LogP contribution in [0, 0.1) is 10.1 Å². The van der Waals surface area contributed by atoms with Crippen molar-refractivity contribution in [2.75, 3.05) is 38.3 Å². The smallest absolute Gasteiger partial charge is 0.293 e. The van der Waals surface area contributed by atoms with Crippen LogP contribution in [0.2, 0.25) is 0 Å². The highest BCUT2D eigenvalue weighted by molar-refractivity contribution is 7.90. The molecule has 4 aliphatic rings. The van der Waals surface area contributed by atoms with E-state index in [0.717, 1.165) is 54.8 Å². The molecule has 3 aromatic carbocycles. The molecule has 2 aromatic heterocycles. The third-order valence-electron chi connectivity index (χ3n) is 12.9. The maximum Gasteiger partial charge on any atom is 0.293 e. The lowest BCUT2D eigenvalue weighted by atomic mass is 9.88. The van der Waals surface area contributed by atoms with Crippen LogP contribution in [0.5, 0.6) is 11.5 Å². The Balaban J connectivity index is 0.946. The van der Waals surface area contributed by atoms with E-state index in [9.17, 15) is 32.1 Å². The van der Waals surface area contributed by atoms with Crippen LogP contribution >= 0.6 is 0 Å². The van der Waals surface area contributed by atoms with Crippen molar-refractivity contribution < 1.29 is 31.7 Å². The van der Waals surface area contributed by atoms with Crippen LogP contribution in [0.4, 0.5) is 20.2 Å². The number of hydrogen-bond donors (Lipinski definition) is 3. The largest absolute Gasteiger partial charge is 0.455 e. The second-order valence-corrected chi connectivity index (χ2v) is 18.5. The molecule has 13 nitrogen and oxygen atoms in total. The number of nitrogens with one attached hydrogen (secondary N) is 3. The first kappa shape index (κ1) is 41.6. The summed E-state index contributed by atoms with van der Waals surface area (Å²) in [7, 11) is -4.63. The number of rotatable bonds is 15. The van der Waals surface area contributed by atoms with Gasteiger partial charge in [-0.15, -0.1) is 0 Å². The Bertz CT molecular complexity index is 2630. The van der Waals surface area contributed by atoms with Crippen molar-refractivity contribution in [1.29, 1.82) is 0 Å². The number of sulfonamides is 1. The number of amides is 1. The first-order valence-electron chi connectivity index (χ1n) is 21.4. The molecular weight excluding hydrogens is 817 g/mol. The molecule has 1 amide bonds. The molecule has 3 fully saturated rings. The lowest BCUT2D eigenvalue weighted by molar-refractivity contribution is -0.384. The summed E-state index contributed by atoms with van der Waals surface area (Å²) >= 11 is 0. The number of nitrogens with zero attached hydrogens (tertiary/aromatic N) is 4. The fourth-order valence-corrected chi connectivity index (χ4v) is 10.5. The SMILES string of the molecule is O=C(NS(=O)(=O)c1ccc(NC2CCN(C(CF)CF)C2)c([N+](=O)[O-])c1)c1ccc(C2=CCC(N3CCCC3c3ccccc3C3CC3)CC2)cc1Oc1cnc2[nH]ccc2c1. The average molecular weight is 866 g/mol. The van der Waals surface area contributed by atoms with Crippen LogP contribution < -0.4 is 14.8 Å². The van der Waals surface area contributed by atoms with E-state index < -0.39 is 50.8 Å². The fourth-order valence-electron chi connectivity index (χ4n) is 9.50. The summed E-state index contributed by atoms with van der Waals surface area (Å²) in [6, 6.07) is 20.5. The van der Waals surface area contributed by atoms with Crippen molar-refractivity contribution in [1.82, 2.24) is 24.5 Å². The lowest BCUT2D eigenvalue weighted by Crippen LogP contribution is -2.38. The minimum absolute atomic E-state index is 0.0472. The van der Waals surface area contributed by atoms with Crippen molar-refractivity contribution >= 4 is 43.9 Å².